The molecule has 0 radical (unpaired) electrons. The lowest BCUT2D eigenvalue weighted by atomic mass is 10.1. The van der Waals surface area contributed by atoms with Crippen molar-refractivity contribution in [2.75, 3.05) is 5.32 Å². The second-order valence-electron chi connectivity index (χ2n) is 7.00. The van der Waals surface area contributed by atoms with Gasteiger partial charge < -0.3 is 16.8 Å². The van der Waals surface area contributed by atoms with Crippen LogP contribution in [0.2, 0.25) is 0 Å². The normalized spacial score (nSPS) is 12.2. The first-order valence-electron chi connectivity index (χ1n) is 9.39. The van der Waals surface area contributed by atoms with E-state index in [1.165, 1.54) is 19.1 Å². The van der Waals surface area contributed by atoms with Crippen molar-refractivity contribution in [2.45, 2.75) is 25.6 Å². The first kappa shape index (κ1) is 22.7. The van der Waals surface area contributed by atoms with Crippen molar-refractivity contribution in [1.82, 2.24) is 15.0 Å². The van der Waals surface area contributed by atoms with Gasteiger partial charge in [-0.2, -0.15) is 13.2 Å². The summed E-state index contributed by atoms with van der Waals surface area (Å²) >= 11 is 0. The Bertz CT molecular complexity index is 1130. The fourth-order valence-corrected chi connectivity index (χ4v) is 2.75. The number of benzene rings is 1. The fraction of sp³-hybridized carbons (Fsp3) is 0.190. The molecule has 0 aliphatic carbocycles. The van der Waals surface area contributed by atoms with Gasteiger partial charge in [0.05, 0.1) is 5.56 Å². The molecule has 166 valence electrons. The summed E-state index contributed by atoms with van der Waals surface area (Å²) in [6.45, 7) is 1.54. The van der Waals surface area contributed by atoms with E-state index in [0.29, 0.717) is 17.7 Å². The van der Waals surface area contributed by atoms with Crippen molar-refractivity contribution >= 4 is 17.6 Å². The summed E-state index contributed by atoms with van der Waals surface area (Å²) < 4.78 is 38.0. The minimum Gasteiger partial charge on any atom is -0.368 e. The summed E-state index contributed by atoms with van der Waals surface area (Å²) in [6, 6.07) is 9.77. The first-order chi connectivity index (χ1) is 15.0. The van der Waals surface area contributed by atoms with Gasteiger partial charge in [-0.3, -0.25) is 14.6 Å². The van der Waals surface area contributed by atoms with Crippen LogP contribution in [-0.4, -0.2) is 32.8 Å². The lowest BCUT2D eigenvalue weighted by Crippen LogP contribution is -2.33. The molecule has 32 heavy (non-hydrogen) atoms. The van der Waals surface area contributed by atoms with E-state index < -0.39 is 29.6 Å². The number of nitrogens with two attached hydrogens (primary N) is 2. The van der Waals surface area contributed by atoms with Gasteiger partial charge in [-0.25, -0.2) is 9.97 Å². The molecular formula is C21H19F3N6O2. The van der Waals surface area contributed by atoms with Gasteiger partial charge in [0, 0.05) is 29.9 Å². The Labute approximate surface area is 180 Å². The van der Waals surface area contributed by atoms with E-state index in [1.807, 2.05) is 0 Å². The number of hydrogen-bond acceptors (Lipinski definition) is 6. The van der Waals surface area contributed by atoms with Crippen molar-refractivity contribution < 1.29 is 22.8 Å². The molecule has 2 heterocycles. The molecule has 2 aromatic heterocycles. The smallest absolute Gasteiger partial charge is 0.368 e. The van der Waals surface area contributed by atoms with Crippen LogP contribution in [0.4, 0.5) is 19.0 Å². The first-order valence-corrected chi connectivity index (χ1v) is 9.39. The molecule has 0 aliphatic rings. The molecule has 1 unspecified atom stereocenters. The minimum atomic E-state index is -4.43. The van der Waals surface area contributed by atoms with Crippen LogP contribution in [0, 0.1) is 0 Å². The lowest BCUT2D eigenvalue weighted by molar-refractivity contribution is -0.137. The van der Waals surface area contributed by atoms with E-state index in [-0.39, 0.29) is 17.3 Å². The molecule has 1 aromatic carbocycles. The highest BCUT2D eigenvalue weighted by Gasteiger charge is 2.30. The van der Waals surface area contributed by atoms with Gasteiger partial charge in [0.2, 0.25) is 5.91 Å². The second-order valence-corrected chi connectivity index (χ2v) is 7.00. The van der Waals surface area contributed by atoms with E-state index >= 15 is 0 Å². The highest BCUT2D eigenvalue weighted by molar-refractivity contribution is 5.92. The molecule has 1 atom stereocenters. The third-order valence-corrected chi connectivity index (χ3v) is 4.52. The Morgan fingerprint density at radius 2 is 1.75 bits per heavy atom. The van der Waals surface area contributed by atoms with Crippen LogP contribution < -0.4 is 16.8 Å². The lowest BCUT2D eigenvalue weighted by Gasteiger charge is -2.13. The number of primary amides is 2. The molecule has 0 bridgehead atoms. The number of carbonyl (C=O) groups is 2. The van der Waals surface area contributed by atoms with Crippen molar-refractivity contribution in [1.29, 1.82) is 0 Å². The van der Waals surface area contributed by atoms with Gasteiger partial charge in [-0.05, 0) is 24.6 Å². The third-order valence-electron chi connectivity index (χ3n) is 4.52. The summed E-state index contributed by atoms with van der Waals surface area (Å²) in [5.41, 5.74) is 11.6. The number of hydrogen-bond donors (Lipinski definition) is 3. The molecule has 0 aliphatic heterocycles. The average molecular weight is 444 g/mol. The molecule has 0 fully saturated rings. The summed E-state index contributed by atoms with van der Waals surface area (Å²) in [5, 5.41) is 2.78. The summed E-state index contributed by atoms with van der Waals surface area (Å²) in [6.07, 6.45) is -3.31. The van der Waals surface area contributed by atoms with Gasteiger partial charge in [0.1, 0.15) is 17.6 Å². The molecule has 3 aromatic rings. The molecule has 0 saturated heterocycles. The van der Waals surface area contributed by atoms with Crippen LogP contribution in [0.25, 0.3) is 11.4 Å². The number of pyridine rings is 1. The molecule has 11 heteroatoms. The number of aromatic nitrogens is 3. The Hall–Kier alpha value is -4.02. The van der Waals surface area contributed by atoms with E-state index in [9.17, 15) is 22.8 Å². The predicted molar refractivity (Wildman–Crippen MR) is 110 cm³/mol. The number of alkyl halides is 3. The Morgan fingerprint density at radius 1 is 1.06 bits per heavy atom. The van der Waals surface area contributed by atoms with E-state index in [4.69, 9.17) is 11.5 Å². The van der Waals surface area contributed by atoms with Crippen LogP contribution in [0.3, 0.4) is 0 Å². The van der Waals surface area contributed by atoms with Crippen molar-refractivity contribution in [3.05, 3.63) is 71.2 Å². The van der Waals surface area contributed by atoms with Gasteiger partial charge in [0.15, 0.2) is 5.82 Å². The van der Waals surface area contributed by atoms with Crippen molar-refractivity contribution in [3.63, 3.8) is 0 Å². The minimum absolute atomic E-state index is 0.0489. The monoisotopic (exact) mass is 444 g/mol. The zero-order valence-electron chi connectivity index (χ0n) is 16.8. The van der Waals surface area contributed by atoms with E-state index in [0.717, 1.165) is 17.8 Å². The topological polar surface area (TPSA) is 137 Å². The largest absolute Gasteiger partial charge is 0.417 e. The summed E-state index contributed by atoms with van der Waals surface area (Å²) in [5.74, 6) is -0.978. The standard InChI is InChI=1S/C21H19F3N6O2/c1-11(18(25)31)28-17-9-16(19(26)32)29-20(30-17)13-4-2-12(3-5-13)8-15-7-6-14(10-27-15)21(22,23)24/h2-7,9-11H,8H2,1H3,(H2,25,31)(H2,26,32)(H,28,29,30). The fourth-order valence-electron chi connectivity index (χ4n) is 2.75. The van der Waals surface area contributed by atoms with Crippen LogP contribution in [0.15, 0.2) is 48.7 Å². The van der Waals surface area contributed by atoms with Crippen LogP contribution in [0.1, 0.15) is 34.2 Å². The Morgan fingerprint density at radius 3 is 2.28 bits per heavy atom. The Kier molecular flexibility index (Phi) is 6.37. The number of nitrogens with zero attached hydrogens (tertiary/aromatic N) is 3. The summed E-state index contributed by atoms with van der Waals surface area (Å²) in [4.78, 5) is 35.2. The molecule has 8 nitrogen and oxygen atoms in total. The maximum Gasteiger partial charge on any atom is 0.417 e. The molecule has 3 rings (SSSR count). The molecule has 2 amide bonds. The highest BCUT2D eigenvalue weighted by Crippen LogP contribution is 2.28. The number of rotatable bonds is 7. The highest BCUT2D eigenvalue weighted by atomic mass is 19.4. The van der Waals surface area contributed by atoms with Crippen molar-refractivity contribution in [2.24, 2.45) is 11.5 Å². The predicted octanol–water partition coefficient (Wildman–Crippen LogP) is 2.53. The number of nitrogens with one attached hydrogen (secondary N) is 1. The van der Waals surface area contributed by atoms with Gasteiger partial charge >= 0.3 is 6.18 Å². The quantitative estimate of drug-likeness (QED) is 0.512. The SMILES string of the molecule is CC(Nc1cc(C(N)=O)nc(-c2ccc(Cc3ccc(C(F)(F)F)cn3)cc2)n1)C(N)=O. The maximum absolute atomic E-state index is 12.7. The zero-order chi connectivity index (χ0) is 23.5. The number of halogens is 3. The summed E-state index contributed by atoms with van der Waals surface area (Å²) in [7, 11) is 0. The van der Waals surface area contributed by atoms with E-state index in [1.54, 1.807) is 24.3 Å². The third kappa shape index (κ3) is 5.56. The van der Waals surface area contributed by atoms with Gasteiger partial charge in [-0.15, -0.1) is 0 Å². The number of carbonyl (C=O) groups excluding carboxylic acids is 2. The average Bonchev–Trinajstić information content (AvgIpc) is 2.73. The number of amides is 2. The zero-order valence-corrected chi connectivity index (χ0v) is 16.8. The van der Waals surface area contributed by atoms with Crippen LogP contribution in [0.5, 0.6) is 0 Å². The maximum atomic E-state index is 12.7. The van der Waals surface area contributed by atoms with Crippen LogP contribution >= 0.6 is 0 Å². The Balaban J connectivity index is 1.82. The number of anilines is 1. The van der Waals surface area contributed by atoms with Crippen molar-refractivity contribution in [3.8, 4) is 11.4 Å². The molecule has 0 saturated carbocycles. The van der Waals surface area contributed by atoms with Crippen LogP contribution in [-0.2, 0) is 17.4 Å². The van der Waals surface area contributed by atoms with Gasteiger partial charge in [0.25, 0.3) is 5.91 Å². The molecular weight excluding hydrogens is 425 g/mol. The van der Waals surface area contributed by atoms with Gasteiger partial charge in [-0.1, -0.05) is 24.3 Å². The molecule has 0 spiro atoms. The molecule has 5 N–H and O–H groups in total. The second kappa shape index (κ2) is 9.00. The van der Waals surface area contributed by atoms with E-state index in [2.05, 4.69) is 20.3 Å².